The molecule has 56 valence electrons. The minimum Gasteiger partial charge on any atom is -0.323 e. The first-order valence-corrected chi connectivity index (χ1v) is 4.16. The standard InChI is InChI=1S/C6H5N3OS/c10-4-7-5-3-9-1-2-11-6(9)8-5/h3H,1-2H2. The zero-order valence-electron chi connectivity index (χ0n) is 5.65. The smallest absolute Gasteiger partial charge is 0.242 e. The van der Waals surface area contributed by atoms with Crippen molar-refractivity contribution in [2.24, 2.45) is 4.99 Å². The summed E-state index contributed by atoms with van der Waals surface area (Å²) < 4.78 is 1.99. The van der Waals surface area contributed by atoms with Crippen molar-refractivity contribution in [1.82, 2.24) is 9.55 Å². The van der Waals surface area contributed by atoms with E-state index in [1.54, 1.807) is 18.0 Å². The second kappa shape index (κ2) is 2.53. The lowest BCUT2D eigenvalue weighted by Gasteiger charge is -1.86. The molecule has 0 aliphatic carbocycles. The molecule has 1 aromatic rings. The van der Waals surface area contributed by atoms with E-state index in [-0.39, 0.29) is 0 Å². The zero-order chi connectivity index (χ0) is 7.68. The molecule has 0 unspecified atom stereocenters. The van der Waals surface area contributed by atoms with Crippen LogP contribution in [0.25, 0.3) is 0 Å². The van der Waals surface area contributed by atoms with E-state index >= 15 is 0 Å². The molecule has 1 aliphatic heterocycles. The Morgan fingerprint density at radius 3 is 3.45 bits per heavy atom. The van der Waals surface area contributed by atoms with Crippen molar-refractivity contribution in [3.63, 3.8) is 0 Å². The number of isocyanates is 1. The SMILES string of the molecule is O=C=Nc1cn2c(n1)SCC2. The number of thioether (sulfide) groups is 1. The van der Waals surface area contributed by atoms with Crippen molar-refractivity contribution >= 4 is 23.7 Å². The molecule has 1 aliphatic rings. The van der Waals surface area contributed by atoms with E-state index in [0.717, 1.165) is 17.5 Å². The molecule has 0 atom stereocenters. The summed E-state index contributed by atoms with van der Waals surface area (Å²) in [4.78, 5) is 17.3. The highest BCUT2D eigenvalue weighted by Gasteiger charge is 2.13. The fourth-order valence-corrected chi connectivity index (χ4v) is 1.94. The molecular weight excluding hydrogens is 162 g/mol. The third kappa shape index (κ3) is 1.08. The van der Waals surface area contributed by atoms with Gasteiger partial charge in [0.25, 0.3) is 0 Å². The van der Waals surface area contributed by atoms with Gasteiger partial charge in [0.15, 0.2) is 11.0 Å². The summed E-state index contributed by atoms with van der Waals surface area (Å²) in [5, 5.41) is 0.944. The van der Waals surface area contributed by atoms with Gasteiger partial charge in [-0.05, 0) is 0 Å². The normalized spacial score (nSPS) is 14.2. The molecule has 4 nitrogen and oxygen atoms in total. The van der Waals surface area contributed by atoms with Gasteiger partial charge in [0.1, 0.15) is 0 Å². The summed E-state index contributed by atoms with van der Waals surface area (Å²) in [5.74, 6) is 1.52. The molecule has 0 saturated carbocycles. The maximum absolute atomic E-state index is 9.85. The Bertz CT molecular complexity index is 305. The van der Waals surface area contributed by atoms with Gasteiger partial charge in [0.2, 0.25) is 6.08 Å². The summed E-state index contributed by atoms with van der Waals surface area (Å²) in [6.07, 6.45) is 3.23. The van der Waals surface area contributed by atoms with E-state index in [2.05, 4.69) is 9.98 Å². The number of hydrogen-bond acceptors (Lipinski definition) is 4. The predicted octanol–water partition coefficient (Wildman–Crippen LogP) is 0.956. The van der Waals surface area contributed by atoms with Crippen LogP contribution in [0.15, 0.2) is 16.3 Å². The average molecular weight is 167 g/mol. The lowest BCUT2D eigenvalue weighted by Crippen LogP contribution is -1.88. The monoisotopic (exact) mass is 167 g/mol. The fraction of sp³-hybridized carbons (Fsp3) is 0.333. The Labute approximate surface area is 67.3 Å². The molecule has 0 amide bonds. The quantitative estimate of drug-likeness (QED) is 0.462. The van der Waals surface area contributed by atoms with Gasteiger partial charge in [-0.2, -0.15) is 0 Å². The number of hydrogen-bond donors (Lipinski definition) is 0. The van der Waals surface area contributed by atoms with E-state index in [0.29, 0.717) is 5.82 Å². The second-order valence-corrected chi connectivity index (χ2v) is 3.19. The Hall–Kier alpha value is -1.06. The first kappa shape index (κ1) is 6.64. The van der Waals surface area contributed by atoms with E-state index in [1.807, 2.05) is 4.57 Å². The predicted molar refractivity (Wildman–Crippen MR) is 40.7 cm³/mol. The summed E-state index contributed by atoms with van der Waals surface area (Å²) in [6, 6.07) is 0. The zero-order valence-corrected chi connectivity index (χ0v) is 6.47. The minimum absolute atomic E-state index is 0.460. The first-order chi connectivity index (χ1) is 5.40. The van der Waals surface area contributed by atoms with Crippen molar-refractivity contribution in [1.29, 1.82) is 0 Å². The molecule has 1 aromatic heterocycles. The van der Waals surface area contributed by atoms with Gasteiger partial charge in [-0.3, -0.25) is 0 Å². The van der Waals surface area contributed by atoms with Crippen molar-refractivity contribution in [2.75, 3.05) is 5.75 Å². The number of aliphatic imine (C=N–C) groups is 1. The van der Waals surface area contributed by atoms with Crippen LogP contribution in [0, 0.1) is 0 Å². The van der Waals surface area contributed by atoms with Crippen LogP contribution >= 0.6 is 11.8 Å². The van der Waals surface area contributed by atoms with Crippen molar-refractivity contribution in [3.05, 3.63) is 6.20 Å². The number of aromatic nitrogens is 2. The Balaban J connectivity index is 2.41. The van der Waals surface area contributed by atoms with E-state index in [1.165, 1.54) is 6.08 Å². The molecule has 0 spiro atoms. The Morgan fingerprint density at radius 2 is 2.73 bits per heavy atom. The molecule has 0 N–H and O–H groups in total. The molecule has 0 aromatic carbocycles. The second-order valence-electron chi connectivity index (χ2n) is 2.13. The van der Waals surface area contributed by atoms with E-state index in [4.69, 9.17) is 0 Å². The molecule has 5 heteroatoms. The van der Waals surface area contributed by atoms with Crippen LogP contribution in [-0.2, 0) is 11.3 Å². The van der Waals surface area contributed by atoms with Gasteiger partial charge in [-0.15, -0.1) is 4.99 Å². The molecular formula is C6H5N3OS. The van der Waals surface area contributed by atoms with Gasteiger partial charge in [0, 0.05) is 12.3 Å². The summed E-state index contributed by atoms with van der Waals surface area (Å²) in [7, 11) is 0. The molecule has 11 heavy (non-hydrogen) atoms. The number of nitrogens with zero attached hydrogens (tertiary/aromatic N) is 3. The van der Waals surface area contributed by atoms with Crippen LogP contribution in [-0.4, -0.2) is 21.4 Å². The largest absolute Gasteiger partial charge is 0.323 e. The number of imidazole rings is 1. The maximum atomic E-state index is 9.85. The molecule has 2 rings (SSSR count). The van der Waals surface area contributed by atoms with Gasteiger partial charge in [-0.25, -0.2) is 9.78 Å². The minimum atomic E-state index is 0.460. The number of fused-ring (bicyclic) bond motifs is 1. The van der Waals surface area contributed by atoms with Crippen LogP contribution in [0.5, 0.6) is 0 Å². The van der Waals surface area contributed by atoms with Crippen molar-refractivity contribution in [3.8, 4) is 0 Å². The summed E-state index contributed by atoms with van der Waals surface area (Å²) in [6.45, 7) is 0.960. The fourth-order valence-electron chi connectivity index (χ4n) is 0.997. The average Bonchev–Trinajstić information content (AvgIpc) is 2.46. The van der Waals surface area contributed by atoms with Crippen LogP contribution in [0.1, 0.15) is 0 Å². The van der Waals surface area contributed by atoms with E-state index < -0.39 is 0 Å². The Kier molecular flexibility index (Phi) is 1.52. The van der Waals surface area contributed by atoms with Crippen LogP contribution < -0.4 is 0 Å². The van der Waals surface area contributed by atoms with Crippen LogP contribution in [0.2, 0.25) is 0 Å². The number of carbonyl (C=O) groups excluding carboxylic acids is 1. The molecule has 0 bridgehead atoms. The third-order valence-corrected chi connectivity index (χ3v) is 2.42. The highest BCUT2D eigenvalue weighted by molar-refractivity contribution is 7.99. The number of rotatable bonds is 1. The maximum Gasteiger partial charge on any atom is 0.242 e. The van der Waals surface area contributed by atoms with Gasteiger partial charge < -0.3 is 4.57 Å². The Morgan fingerprint density at radius 1 is 1.82 bits per heavy atom. The van der Waals surface area contributed by atoms with Crippen molar-refractivity contribution < 1.29 is 4.79 Å². The number of aryl methyl sites for hydroxylation is 1. The molecule has 0 saturated heterocycles. The summed E-state index contributed by atoms with van der Waals surface area (Å²) >= 11 is 1.68. The molecule has 2 heterocycles. The van der Waals surface area contributed by atoms with Gasteiger partial charge in [-0.1, -0.05) is 11.8 Å². The topological polar surface area (TPSA) is 47.2 Å². The lowest BCUT2D eigenvalue weighted by molar-refractivity contribution is 0.565. The van der Waals surface area contributed by atoms with Gasteiger partial charge >= 0.3 is 0 Å². The van der Waals surface area contributed by atoms with Crippen molar-refractivity contribution in [2.45, 2.75) is 11.7 Å². The molecule has 0 radical (unpaired) electrons. The van der Waals surface area contributed by atoms with Crippen LogP contribution in [0.3, 0.4) is 0 Å². The highest BCUT2D eigenvalue weighted by Crippen LogP contribution is 2.26. The van der Waals surface area contributed by atoms with E-state index in [9.17, 15) is 4.79 Å². The molecule has 0 fully saturated rings. The van der Waals surface area contributed by atoms with Gasteiger partial charge in [0.05, 0.1) is 6.20 Å². The lowest BCUT2D eigenvalue weighted by atomic mass is 10.7. The first-order valence-electron chi connectivity index (χ1n) is 3.18. The highest BCUT2D eigenvalue weighted by atomic mass is 32.2. The van der Waals surface area contributed by atoms with Crippen LogP contribution in [0.4, 0.5) is 5.82 Å². The third-order valence-electron chi connectivity index (χ3n) is 1.45. The summed E-state index contributed by atoms with van der Waals surface area (Å²) in [5.41, 5.74) is 0.